The maximum Gasteiger partial charge on any atom is 0.228 e. The number of aliphatic imine (C=N–C) groups is 1. The summed E-state index contributed by atoms with van der Waals surface area (Å²) >= 11 is 0. The van der Waals surface area contributed by atoms with Crippen LogP contribution in [0.4, 0.5) is 0 Å². The number of benzene rings is 1. The van der Waals surface area contributed by atoms with Gasteiger partial charge in [-0.15, -0.1) is 0 Å². The molecule has 3 rings (SSSR count). The Bertz CT molecular complexity index is 716. The van der Waals surface area contributed by atoms with Gasteiger partial charge in [0.15, 0.2) is 11.8 Å². The van der Waals surface area contributed by atoms with E-state index in [2.05, 4.69) is 31.8 Å². The summed E-state index contributed by atoms with van der Waals surface area (Å²) in [6.45, 7) is 8.24. The molecule has 0 saturated heterocycles. The SMILES string of the molecule is CCNC(=NCC1Cc2ccccc2O1)NCCc1nc(C(C)C)no1. The standard InChI is InChI=1S/C19H27N5O2/c1-4-20-19(21-10-9-17-23-18(13(2)3)24-26-17)22-12-15-11-14-7-5-6-8-16(14)25-15/h5-8,13,15H,4,9-12H2,1-3H3,(H2,20,21,22). The number of hydrogen-bond acceptors (Lipinski definition) is 5. The van der Waals surface area contributed by atoms with Crippen molar-refractivity contribution in [3.63, 3.8) is 0 Å². The summed E-state index contributed by atoms with van der Waals surface area (Å²) in [4.78, 5) is 9.03. The van der Waals surface area contributed by atoms with Crippen molar-refractivity contribution < 1.29 is 9.26 Å². The van der Waals surface area contributed by atoms with Crippen LogP contribution in [-0.2, 0) is 12.8 Å². The first-order valence-electron chi connectivity index (χ1n) is 9.25. The van der Waals surface area contributed by atoms with E-state index in [0.717, 1.165) is 30.5 Å². The maximum atomic E-state index is 5.94. The first-order valence-corrected chi connectivity index (χ1v) is 9.25. The lowest BCUT2D eigenvalue weighted by Gasteiger charge is -2.12. The van der Waals surface area contributed by atoms with Gasteiger partial charge in [0.05, 0.1) is 6.54 Å². The van der Waals surface area contributed by atoms with Crippen LogP contribution >= 0.6 is 0 Å². The molecule has 7 nitrogen and oxygen atoms in total. The van der Waals surface area contributed by atoms with Crippen LogP contribution in [0.25, 0.3) is 0 Å². The van der Waals surface area contributed by atoms with Crippen LogP contribution in [0.3, 0.4) is 0 Å². The second-order valence-electron chi connectivity index (χ2n) is 6.65. The molecule has 1 aliphatic rings. The molecule has 0 bridgehead atoms. The van der Waals surface area contributed by atoms with Crippen LogP contribution in [0, 0.1) is 0 Å². The number of nitrogens with one attached hydrogen (secondary N) is 2. The third-order valence-electron chi connectivity index (χ3n) is 4.14. The molecule has 0 fully saturated rings. The van der Waals surface area contributed by atoms with Crippen molar-refractivity contribution in [3.8, 4) is 5.75 Å². The zero-order valence-corrected chi connectivity index (χ0v) is 15.7. The molecular weight excluding hydrogens is 330 g/mol. The van der Waals surface area contributed by atoms with E-state index in [0.29, 0.717) is 25.4 Å². The zero-order chi connectivity index (χ0) is 18.4. The predicted molar refractivity (Wildman–Crippen MR) is 101 cm³/mol. The molecule has 1 atom stereocenters. The van der Waals surface area contributed by atoms with E-state index >= 15 is 0 Å². The Morgan fingerprint density at radius 3 is 2.88 bits per heavy atom. The minimum absolute atomic E-state index is 0.0902. The van der Waals surface area contributed by atoms with E-state index in [4.69, 9.17) is 9.26 Å². The molecule has 0 radical (unpaired) electrons. The van der Waals surface area contributed by atoms with Gasteiger partial charge in [0.2, 0.25) is 5.89 Å². The quantitative estimate of drug-likeness (QED) is 0.584. The maximum absolute atomic E-state index is 5.94. The second kappa shape index (κ2) is 8.69. The van der Waals surface area contributed by atoms with E-state index in [1.807, 2.05) is 39.0 Å². The Kier molecular flexibility index (Phi) is 6.09. The molecule has 7 heteroatoms. The summed E-state index contributed by atoms with van der Waals surface area (Å²) in [6, 6.07) is 8.16. The predicted octanol–water partition coefficient (Wildman–Crippen LogP) is 2.29. The van der Waals surface area contributed by atoms with Crippen molar-refractivity contribution in [2.45, 2.75) is 45.6 Å². The molecular formula is C19H27N5O2. The van der Waals surface area contributed by atoms with Gasteiger partial charge < -0.3 is 19.9 Å². The highest BCUT2D eigenvalue weighted by Gasteiger charge is 2.21. The Morgan fingerprint density at radius 2 is 2.15 bits per heavy atom. The molecule has 0 aliphatic carbocycles. The topological polar surface area (TPSA) is 84.6 Å². The molecule has 2 aromatic rings. The van der Waals surface area contributed by atoms with Gasteiger partial charge in [0.25, 0.3) is 0 Å². The van der Waals surface area contributed by atoms with E-state index in [-0.39, 0.29) is 12.0 Å². The van der Waals surface area contributed by atoms with Gasteiger partial charge in [0, 0.05) is 31.8 Å². The van der Waals surface area contributed by atoms with Crippen molar-refractivity contribution >= 4 is 5.96 Å². The van der Waals surface area contributed by atoms with Crippen molar-refractivity contribution in [2.75, 3.05) is 19.6 Å². The Hall–Kier alpha value is -2.57. The van der Waals surface area contributed by atoms with E-state index in [1.165, 1.54) is 5.56 Å². The summed E-state index contributed by atoms with van der Waals surface area (Å²) < 4.78 is 11.2. The number of rotatable bonds is 7. The Labute approximate surface area is 154 Å². The van der Waals surface area contributed by atoms with Crippen molar-refractivity contribution in [2.24, 2.45) is 4.99 Å². The van der Waals surface area contributed by atoms with Gasteiger partial charge >= 0.3 is 0 Å². The minimum atomic E-state index is 0.0902. The summed E-state index contributed by atoms with van der Waals surface area (Å²) in [5.41, 5.74) is 1.25. The summed E-state index contributed by atoms with van der Waals surface area (Å²) in [7, 11) is 0. The van der Waals surface area contributed by atoms with E-state index in [1.54, 1.807) is 0 Å². The molecule has 0 spiro atoms. The third-order valence-corrected chi connectivity index (χ3v) is 4.14. The van der Waals surface area contributed by atoms with Gasteiger partial charge in [-0.1, -0.05) is 37.2 Å². The molecule has 0 amide bonds. The second-order valence-corrected chi connectivity index (χ2v) is 6.65. The first-order chi connectivity index (χ1) is 12.7. The van der Waals surface area contributed by atoms with Crippen LogP contribution in [0.1, 0.15) is 44.0 Å². The lowest BCUT2D eigenvalue weighted by Crippen LogP contribution is -2.39. The molecule has 0 saturated carbocycles. The molecule has 2 N–H and O–H groups in total. The minimum Gasteiger partial charge on any atom is -0.488 e. The van der Waals surface area contributed by atoms with E-state index in [9.17, 15) is 0 Å². The largest absolute Gasteiger partial charge is 0.488 e. The number of guanidine groups is 1. The van der Waals surface area contributed by atoms with Crippen molar-refractivity contribution in [3.05, 3.63) is 41.5 Å². The van der Waals surface area contributed by atoms with Crippen molar-refractivity contribution in [1.29, 1.82) is 0 Å². The molecule has 140 valence electrons. The Balaban J connectivity index is 1.48. The number of nitrogens with zero attached hydrogens (tertiary/aromatic N) is 3. The van der Waals surface area contributed by atoms with E-state index < -0.39 is 0 Å². The molecule has 1 aliphatic heterocycles. The molecule has 1 unspecified atom stereocenters. The average Bonchev–Trinajstić information content (AvgIpc) is 3.26. The fourth-order valence-electron chi connectivity index (χ4n) is 2.78. The monoisotopic (exact) mass is 357 g/mol. The van der Waals surface area contributed by atoms with Gasteiger partial charge in [-0.05, 0) is 18.6 Å². The van der Waals surface area contributed by atoms with Crippen LogP contribution in [0.5, 0.6) is 5.75 Å². The smallest absolute Gasteiger partial charge is 0.228 e. The number of aromatic nitrogens is 2. The number of hydrogen-bond donors (Lipinski definition) is 2. The summed E-state index contributed by atoms with van der Waals surface area (Å²) in [6.07, 6.45) is 1.65. The molecule has 26 heavy (non-hydrogen) atoms. The van der Waals surface area contributed by atoms with Crippen LogP contribution in [0.2, 0.25) is 0 Å². The molecule has 1 aromatic carbocycles. The van der Waals surface area contributed by atoms with Crippen LogP contribution in [-0.4, -0.2) is 41.8 Å². The average molecular weight is 357 g/mol. The highest BCUT2D eigenvalue weighted by Crippen LogP contribution is 2.28. The summed E-state index contributed by atoms with van der Waals surface area (Å²) in [5, 5.41) is 10.5. The lowest BCUT2D eigenvalue weighted by molar-refractivity contribution is 0.241. The molecule has 2 heterocycles. The van der Waals surface area contributed by atoms with Crippen LogP contribution in [0.15, 0.2) is 33.8 Å². The molecule has 1 aromatic heterocycles. The zero-order valence-electron chi connectivity index (χ0n) is 15.7. The fourth-order valence-corrected chi connectivity index (χ4v) is 2.78. The normalized spacial score (nSPS) is 16.5. The van der Waals surface area contributed by atoms with Gasteiger partial charge in [0.1, 0.15) is 11.9 Å². The van der Waals surface area contributed by atoms with Crippen LogP contribution < -0.4 is 15.4 Å². The number of ether oxygens (including phenoxy) is 1. The Morgan fingerprint density at radius 1 is 1.31 bits per heavy atom. The lowest BCUT2D eigenvalue weighted by atomic mass is 10.1. The van der Waals surface area contributed by atoms with Crippen molar-refractivity contribution in [1.82, 2.24) is 20.8 Å². The highest BCUT2D eigenvalue weighted by atomic mass is 16.5. The van der Waals surface area contributed by atoms with Gasteiger partial charge in [-0.3, -0.25) is 0 Å². The van der Waals surface area contributed by atoms with Gasteiger partial charge in [-0.2, -0.15) is 4.98 Å². The number of fused-ring (bicyclic) bond motifs is 1. The number of para-hydroxylation sites is 1. The fraction of sp³-hybridized carbons (Fsp3) is 0.526. The van der Waals surface area contributed by atoms with Gasteiger partial charge in [-0.25, -0.2) is 4.99 Å². The first kappa shape index (κ1) is 18.2. The third kappa shape index (κ3) is 4.74. The highest BCUT2D eigenvalue weighted by molar-refractivity contribution is 5.79. The summed E-state index contributed by atoms with van der Waals surface area (Å²) in [5.74, 6) is 3.42.